The van der Waals surface area contributed by atoms with Gasteiger partial charge in [-0.25, -0.2) is 0 Å². The highest BCUT2D eigenvalue weighted by molar-refractivity contribution is 7.80. The fourth-order valence-electron chi connectivity index (χ4n) is 1.68. The van der Waals surface area contributed by atoms with Gasteiger partial charge in [0.2, 0.25) is 0 Å². The van der Waals surface area contributed by atoms with Gasteiger partial charge in [-0.05, 0) is 24.3 Å². The molecule has 5 nitrogen and oxygen atoms in total. The quantitative estimate of drug-likeness (QED) is 0.648. The molecule has 0 saturated heterocycles. The SMILES string of the molecule is NC(=S)c1cccc(NC(=O)c2cc(O)cc(O)c2)c1. The van der Waals surface area contributed by atoms with Gasteiger partial charge in [0.1, 0.15) is 16.5 Å². The Bertz CT molecular complexity index is 666. The standard InChI is InChI=1S/C14H12N2O3S/c15-13(20)8-2-1-3-10(4-8)16-14(19)9-5-11(17)7-12(18)6-9/h1-7,17-18H,(H2,15,20)(H,16,19). The highest BCUT2D eigenvalue weighted by Gasteiger charge is 2.09. The number of thiocarbonyl (C=S) groups is 1. The number of nitrogens with two attached hydrogens (primary N) is 1. The summed E-state index contributed by atoms with van der Waals surface area (Å²) in [6, 6.07) is 10.4. The molecule has 0 saturated carbocycles. The average molecular weight is 288 g/mol. The van der Waals surface area contributed by atoms with Crippen LogP contribution in [0.2, 0.25) is 0 Å². The first-order chi connectivity index (χ1) is 9.45. The Hall–Kier alpha value is -2.60. The summed E-state index contributed by atoms with van der Waals surface area (Å²) in [6.07, 6.45) is 0. The summed E-state index contributed by atoms with van der Waals surface area (Å²) in [5.41, 5.74) is 6.81. The van der Waals surface area contributed by atoms with Gasteiger partial charge in [-0.3, -0.25) is 4.79 Å². The molecule has 0 aromatic heterocycles. The maximum absolute atomic E-state index is 12.0. The van der Waals surface area contributed by atoms with Crippen LogP contribution in [0.25, 0.3) is 0 Å². The van der Waals surface area contributed by atoms with E-state index in [4.69, 9.17) is 18.0 Å². The van der Waals surface area contributed by atoms with Gasteiger partial charge < -0.3 is 21.3 Å². The Morgan fingerprint density at radius 2 is 1.70 bits per heavy atom. The van der Waals surface area contributed by atoms with Crippen LogP contribution in [0.1, 0.15) is 15.9 Å². The second kappa shape index (κ2) is 5.58. The van der Waals surface area contributed by atoms with Crippen molar-refractivity contribution in [2.45, 2.75) is 0 Å². The van der Waals surface area contributed by atoms with Crippen molar-refractivity contribution in [3.8, 4) is 11.5 Å². The number of phenols is 2. The second-order valence-corrected chi connectivity index (χ2v) is 4.58. The lowest BCUT2D eigenvalue weighted by molar-refractivity contribution is 0.102. The number of benzene rings is 2. The van der Waals surface area contributed by atoms with Gasteiger partial charge in [-0.1, -0.05) is 24.4 Å². The maximum Gasteiger partial charge on any atom is 0.255 e. The van der Waals surface area contributed by atoms with E-state index in [1.807, 2.05) is 0 Å². The number of carbonyl (C=O) groups excluding carboxylic acids is 1. The topological polar surface area (TPSA) is 95.6 Å². The van der Waals surface area contributed by atoms with Crippen molar-refractivity contribution in [1.82, 2.24) is 0 Å². The normalized spacial score (nSPS) is 10.0. The number of amides is 1. The Morgan fingerprint density at radius 3 is 2.30 bits per heavy atom. The van der Waals surface area contributed by atoms with Crippen LogP contribution in [-0.2, 0) is 0 Å². The summed E-state index contributed by atoms with van der Waals surface area (Å²) < 4.78 is 0. The van der Waals surface area contributed by atoms with Crippen LogP contribution in [0.5, 0.6) is 11.5 Å². The molecule has 20 heavy (non-hydrogen) atoms. The van der Waals surface area contributed by atoms with Crippen LogP contribution in [0.15, 0.2) is 42.5 Å². The van der Waals surface area contributed by atoms with Gasteiger partial charge in [0.05, 0.1) is 0 Å². The molecular formula is C14H12N2O3S. The highest BCUT2D eigenvalue weighted by atomic mass is 32.1. The van der Waals surface area contributed by atoms with Gasteiger partial charge in [0.15, 0.2) is 0 Å². The van der Waals surface area contributed by atoms with E-state index in [2.05, 4.69) is 5.32 Å². The third-order valence-electron chi connectivity index (χ3n) is 2.57. The van der Waals surface area contributed by atoms with Crippen molar-refractivity contribution < 1.29 is 15.0 Å². The molecular weight excluding hydrogens is 276 g/mol. The van der Waals surface area contributed by atoms with E-state index < -0.39 is 5.91 Å². The number of phenolic OH excluding ortho intramolecular Hbond substituents is 2. The van der Waals surface area contributed by atoms with Crippen molar-refractivity contribution in [1.29, 1.82) is 0 Å². The zero-order chi connectivity index (χ0) is 14.7. The first-order valence-corrected chi connectivity index (χ1v) is 6.11. The highest BCUT2D eigenvalue weighted by Crippen LogP contribution is 2.21. The van der Waals surface area contributed by atoms with Crippen molar-refractivity contribution in [3.63, 3.8) is 0 Å². The smallest absolute Gasteiger partial charge is 0.255 e. The van der Waals surface area contributed by atoms with Gasteiger partial charge in [-0.15, -0.1) is 0 Å². The molecule has 0 heterocycles. The van der Waals surface area contributed by atoms with E-state index in [1.165, 1.54) is 12.1 Å². The predicted molar refractivity (Wildman–Crippen MR) is 80.1 cm³/mol. The molecule has 0 aliphatic heterocycles. The molecule has 1 amide bonds. The van der Waals surface area contributed by atoms with E-state index >= 15 is 0 Å². The zero-order valence-electron chi connectivity index (χ0n) is 10.3. The van der Waals surface area contributed by atoms with Gasteiger partial charge in [0.25, 0.3) is 5.91 Å². The van der Waals surface area contributed by atoms with Crippen LogP contribution in [0, 0.1) is 0 Å². The fraction of sp³-hybridized carbons (Fsp3) is 0. The second-order valence-electron chi connectivity index (χ2n) is 4.14. The summed E-state index contributed by atoms with van der Waals surface area (Å²) in [4.78, 5) is 12.2. The van der Waals surface area contributed by atoms with Crippen LogP contribution in [0.3, 0.4) is 0 Å². The molecule has 0 bridgehead atoms. The lowest BCUT2D eigenvalue weighted by atomic mass is 10.1. The maximum atomic E-state index is 12.0. The summed E-state index contributed by atoms with van der Waals surface area (Å²) in [5.74, 6) is -0.838. The summed E-state index contributed by atoms with van der Waals surface area (Å²) in [5, 5.41) is 21.3. The lowest BCUT2D eigenvalue weighted by Gasteiger charge is -2.07. The van der Waals surface area contributed by atoms with Crippen molar-refractivity contribution in [2.75, 3.05) is 5.32 Å². The van der Waals surface area contributed by atoms with Crippen molar-refractivity contribution in [2.24, 2.45) is 5.73 Å². The molecule has 6 heteroatoms. The number of anilines is 1. The number of nitrogens with one attached hydrogen (secondary N) is 1. The van der Waals surface area contributed by atoms with E-state index in [-0.39, 0.29) is 22.1 Å². The van der Waals surface area contributed by atoms with Gasteiger partial charge >= 0.3 is 0 Å². The summed E-state index contributed by atoms with van der Waals surface area (Å²) >= 11 is 4.86. The van der Waals surface area contributed by atoms with Gasteiger partial charge in [0, 0.05) is 22.9 Å². The minimum absolute atomic E-state index is 0.142. The molecule has 0 aliphatic carbocycles. The Labute approximate surface area is 120 Å². The molecule has 2 rings (SSSR count). The van der Waals surface area contributed by atoms with Gasteiger partial charge in [-0.2, -0.15) is 0 Å². The largest absolute Gasteiger partial charge is 0.508 e. The molecule has 0 spiro atoms. The monoisotopic (exact) mass is 288 g/mol. The number of hydrogen-bond acceptors (Lipinski definition) is 4. The molecule has 0 aliphatic rings. The van der Waals surface area contributed by atoms with E-state index in [1.54, 1.807) is 24.3 Å². The third-order valence-corrected chi connectivity index (χ3v) is 2.81. The third kappa shape index (κ3) is 3.24. The molecule has 0 atom stereocenters. The molecule has 5 N–H and O–H groups in total. The zero-order valence-corrected chi connectivity index (χ0v) is 11.1. The molecule has 2 aromatic carbocycles. The van der Waals surface area contributed by atoms with E-state index in [0.717, 1.165) is 6.07 Å². The lowest BCUT2D eigenvalue weighted by Crippen LogP contribution is -2.13. The van der Waals surface area contributed by atoms with E-state index in [9.17, 15) is 15.0 Å². The van der Waals surface area contributed by atoms with Crippen LogP contribution in [-0.4, -0.2) is 21.1 Å². The van der Waals surface area contributed by atoms with Crippen molar-refractivity contribution >= 4 is 28.8 Å². The van der Waals surface area contributed by atoms with Crippen LogP contribution in [0.4, 0.5) is 5.69 Å². The Morgan fingerprint density at radius 1 is 1.05 bits per heavy atom. The average Bonchev–Trinajstić information content (AvgIpc) is 2.37. The Kier molecular flexibility index (Phi) is 3.86. The fourth-order valence-corrected chi connectivity index (χ4v) is 1.81. The van der Waals surface area contributed by atoms with Crippen LogP contribution < -0.4 is 11.1 Å². The predicted octanol–water partition coefficient (Wildman–Crippen LogP) is 1.98. The molecule has 102 valence electrons. The minimum Gasteiger partial charge on any atom is -0.508 e. The Balaban J connectivity index is 2.23. The van der Waals surface area contributed by atoms with E-state index in [0.29, 0.717) is 11.3 Å². The number of aromatic hydroxyl groups is 2. The van der Waals surface area contributed by atoms with Crippen LogP contribution >= 0.6 is 12.2 Å². The summed E-state index contributed by atoms with van der Waals surface area (Å²) in [7, 11) is 0. The molecule has 0 radical (unpaired) electrons. The minimum atomic E-state index is -0.462. The van der Waals surface area contributed by atoms with Crippen molar-refractivity contribution in [3.05, 3.63) is 53.6 Å². The number of carbonyl (C=O) groups is 1. The molecule has 2 aromatic rings. The first kappa shape index (κ1) is 13.8. The first-order valence-electron chi connectivity index (χ1n) is 5.70. The number of rotatable bonds is 3. The summed E-state index contributed by atoms with van der Waals surface area (Å²) in [6.45, 7) is 0. The molecule has 0 fully saturated rings. The molecule has 0 unspecified atom stereocenters. The number of hydrogen-bond donors (Lipinski definition) is 4.